The van der Waals surface area contributed by atoms with E-state index in [9.17, 15) is 43.2 Å². The molecule has 0 saturated heterocycles. The molecule has 3 aliphatic rings. The van der Waals surface area contributed by atoms with Crippen molar-refractivity contribution in [2.75, 3.05) is 72.6 Å². The Morgan fingerprint density at radius 1 is 0.330 bits per heavy atom. The number of hydrogen-bond donors (Lipinski definition) is 8. The fraction of sp³-hybridized carbons (Fsp3) is 0.444. The molecule has 0 saturated carbocycles. The number of carbonyl (C=O) groups is 9. The molecule has 0 fully saturated rings. The van der Waals surface area contributed by atoms with E-state index in [1.165, 1.54) is 0 Å². The monoisotopic (exact) mass is 1370 g/mol. The van der Waals surface area contributed by atoms with E-state index in [1.54, 1.807) is 0 Å². The van der Waals surface area contributed by atoms with Crippen LogP contribution in [0.15, 0.2) is 109 Å². The number of anilines is 5. The minimum Gasteiger partial charge on any atom is -0.372 e. The van der Waals surface area contributed by atoms with Gasteiger partial charge in [0.2, 0.25) is 47.3 Å². The van der Waals surface area contributed by atoms with Crippen molar-refractivity contribution in [1.29, 1.82) is 0 Å². The number of carbonyl (C=O) groups excluding carboxylic acids is 9. The summed E-state index contributed by atoms with van der Waals surface area (Å²) in [6, 6.07) is 35.7. The summed E-state index contributed by atoms with van der Waals surface area (Å²) >= 11 is 0. The Kier molecular flexibility index (Phi) is 32.4. The van der Waals surface area contributed by atoms with Crippen LogP contribution in [0.3, 0.4) is 0 Å². The highest BCUT2D eigenvalue weighted by atomic mass is 16.5. The number of unbranched alkanes of at least 4 members (excludes halogenated alkanes) is 1. The molecule has 1 unspecified atom stereocenters. The molecule has 536 valence electrons. The number of fused-ring (bicyclic) bond motifs is 9. The lowest BCUT2D eigenvalue weighted by Gasteiger charge is -2.11. The van der Waals surface area contributed by atoms with Crippen molar-refractivity contribution in [3.05, 3.63) is 148 Å². The van der Waals surface area contributed by atoms with Crippen molar-refractivity contribution in [2.24, 2.45) is 0 Å². The first-order valence-corrected chi connectivity index (χ1v) is 35.6. The number of Topliss-reactive ketones (excluding diaryl/α,β-unsaturated/α-hetero) is 1. The van der Waals surface area contributed by atoms with Crippen molar-refractivity contribution >= 4 is 81.5 Å². The average Bonchev–Trinajstić information content (AvgIpc) is 1.62. The molecule has 0 heterocycles. The molecule has 100 heavy (non-hydrogen) atoms. The van der Waals surface area contributed by atoms with Crippen molar-refractivity contribution in [3.63, 3.8) is 0 Å². The van der Waals surface area contributed by atoms with Gasteiger partial charge in [-0.15, -0.1) is 0 Å². The molecular formula is C81H106N8O11. The normalized spacial score (nSPS) is 12.6. The molecule has 0 radical (unpaired) electrons. The quantitative estimate of drug-likeness (QED) is 0.0139. The highest BCUT2D eigenvalue weighted by Crippen LogP contribution is 2.49. The highest BCUT2D eigenvalue weighted by Gasteiger charge is 2.31. The second-order valence-electron chi connectivity index (χ2n) is 25.6. The van der Waals surface area contributed by atoms with E-state index >= 15 is 0 Å². The summed E-state index contributed by atoms with van der Waals surface area (Å²) in [4.78, 5) is 109. The van der Waals surface area contributed by atoms with Gasteiger partial charge in [0.1, 0.15) is 13.2 Å². The largest absolute Gasteiger partial charge is 0.372 e. The SMILES string of the molecule is C.CCCCC(=O)c1cccc2c1-c1ccc(NC(=O)CCC(=O)NCCC)cc1C2C.CCCNC(=O)CCCC(=O)Nc1ccc2c(c1)C(C)c1cc(NC(=O)CCCC(=O)NCCC)ccc1-2.CCCOCC(=O)Nc1ccc2c(c1)C(C)c1cc(NC(=O)COCCC)ccc1-2. The standard InChI is InChI=1S/C30H40N4O4.C26H32N2O3.C24H30N2O4.CH4/c1-4-16-31-27(35)8-6-10-29(37)33-21-12-14-23-24-15-13-22(19-26(24)20(3)25(23)18-21)34-30(38)11-7-9-28(36)32-17-5-2;1-4-6-10-23(29)21-9-7-8-19-17(3)22-16-18(11-12-20(22)26(19)21)28-25(31)14-13-24(30)27-15-5-2;1-4-10-29-14-23(27)25-17-6-8-19-20-9-7-18(26-24(28)15-30-11-5-2)13-22(20)16(3)21(19)12-17;/h12-15,18-20H,4-11,16-17H2,1-3H3,(H,31,35)(H,32,36)(H,33,37)(H,34,38);7-9,11-12,16-17H,4-6,10,13-15H2,1-3H3,(H,27,30)(H,28,31);6-9,12-13,16H,4-5,10-11,14-15H2,1-3H3,(H,25,27)(H,26,28);1H4. The molecule has 3 aliphatic carbocycles. The van der Waals surface area contributed by atoms with Crippen LogP contribution in [0.25, 0.3) is 33.4 Å². The Bertz CT molecular complexity index is 3660. The summed E-state index contributed by atoms with van der Waals surface area (Å²) in [5.41, 5.74) is 18.0. The zero-order chi connectivity index (χ0) is 71.4. The van der Waals surface area contributed by atoms with Gasteiger partial charge in [0.05, 0.1) is 0 Å². The highest BCUT2D eigenvalue weighted by molar-refractivity contribution is 6.05. The Hall–Kier alpha value is -9.33. The van der Waals surface area contributed by atoms with Gasteiger partial charge in [-0.1, -0.05) is 125 Å². The van der Waals surface area contributed by atoms with Gasteiger partial charge >= 0.3 is 0 Å². The Morgan fingerprint density at radius 3 is 1.02 bits per heavy atom. The molecule has 8 amide bonds. The fourth-order valence-electron chi connectivity index (χ4n) is 12.4. The van der Waals surface area contributed by atoms with Gasteiger partial charge in [0.25, 0.3) is 0 Å². The maximum Gasteiger partial charge on any atom is 0.250 e. The zero-order valence-corrected chi connectivity index (χ0v) is 59.4. The van der Waals surface area contributed by atoms with E-state index in [0.29, 0.717) is 77.8 Å². The van der Waals surface area contributed by atoms with Gasteiger partial charge in [-0.05, 0) is 179 Å². The molecule has 1 atom stereocenters. The van der Waals surface area contributed by atoms with Crippen molar-refractivity contribution in [2.45, 2.75) is 190 Å². The van der Waals surface area contributed by atoms with Crippen LogP contribution in [0.5, 0.6) is 0 Å². The topological polar surface area (TPSA) is 268 Å². The van der Waals surface area contributed by atoms with Crippen molar-refractivity contribution in [1.82, 2.24) is 16.0 Å². The number of ketones is 1. The summed E-state index contributed by atoms with van der Waals surface area (Å²) in [5.74, 6) is -0.214. The van der Waals surface area contributed by atoms with Gasteiger partial charge in [-0.2, -0.15) is 0 Å². The predicted molar refractivity (Wildman–Crippen MR) is 401 cm³/mol. The Morgan fingerprint density at radius 2 is 0.650 bits per heavy atom. The number of benzene rings is 6. The summed E-state index contributed by atoms with van der Waals surface area (Å²) in [6.45, 7) is 21.7. The number of amides is 8. The number of hydrogen-bond acceptors (Lipinski definition) is 11. The Balaban J connectivity index is 0.000000237. The molecule has 8 N–H and O–H groups in total. The average molecular weight is 1370 g/mol. The van der Waals surface area contributed by atoms with E-state index in [1.807, 2.05) is 138 Å². The first-order valence-electron chi connectivity index (χ1n) is 35.6. The van der Waals surface area contributed by atoms with Gasteiger partial charge in [-0.3, -0.25) is 43.2 Å². The molecule has 19 nitrogen and oxygen atoms in total. The van der Waals surface area contributed by atoms with E-state index in [-0.39, 0.29) is 104 Å². The lowest BCUT2D eigenvalue weighted by atomic mass is 9.94. The van der Waals surface area contributed by atoms with E-state index in [0.717, 1.165) is 146 Å². The molecule has 0 aromatic heterocycles. The van der Waals surface area contributed by atoms with E-state index in [4.69, 9.17) is 9.47 Å². The van der Waals surface area contributed by atoms with Gasteiger partial charge in [0.15, 0.2) is 5.78 Å². The predicted octanol–water partition coefficient (Wildman–Crippen LogP) is 15.7. The van der Waals surface area contributed by atoms with E-state index < -0.39 is 0 Å². The van der Waals surface area contributed by atoms with Gasteiger partial charge < -0.3 is 52.0 Å². The minimum atomic E-state index is -0.176. The third-order valence-corrected chi connectivity index (χ3v) is 17.6. The summed E-state index contributed by atoms with van der Waals surface area (Å²) in [7, 11) is 0. The minimum absolute atomic E-state index is 0. The lowest BCUT2D eigenvalue weighted by molar-refractivity contribution is -0.124. The van der Waals surface area contributed by atoms with E-state index in [2.05, 4.69) is 76.3 Å². The van der Waals surface area contributed by atoms with Crippen LogP contribution >= 0.6 is 0 Å². The smallest absolute Gasteiger partial charge is 0.250 e. The van der Waals surface area contributed by atoms with Gasteiger partial charge in [-0.25, -0.2) is 0 Å². The third kappa shape index (κ3) is 22.9. The maximum atomic E-state index is 12.8. The first kappa shape index (κ1) is 79.7. The number of ether oxygens (including phenoxy) is 2. The molecule has 6 aromatic carbocycles. The zero-order valence-electron chi connectivity index (χ0n) is 59.4. The second kappa shape index (κ2) is 40.7. The second-order valence-corrected chi connectivity index (χ2v) is 25.6. The van der Waals surface area contributed by atoms with Crippen LogP contribution in [-0.2, 0) is 47.8 Å². The molecule has 0 spiro atoms. The third-order valence-electron chi connectivity index (χ3n) is 17.6. The summed E-state index contributed by atoms with van der Waals surface area (Å²) in [6.07, 6.45) is 9.51. The molecular weight excluding hydrogens is 1260 g/mol. The molecule has 0 bridgehead atoms. The van der Waals surface area contributed by atoms with Crippen LogP contribution in [0.1, 0.15) is 234 Å². The molecule has 9 rings (SSSR count). The maximum absolute atomic E-state index is 12.8. The lowest BCUT2D eigenvalue weighted by Crippen LogP contribution is -2.25. The van der Waals surface area contributed by atoms with Crippen molar-refractivity contribution in [3.8, 4) is 33.4 Å². The van der Waals surface area contributed by atoms with Crippen LogP contribution in [0.4, 0.5) is 28.4 Å². The first-order chi connectivity index (χ1) is 47.8. The summed E-state index contributed by atoms with van der Waals surface area (Å²) in [5, 5.41) is 23.1. The number of nitrogens with one attached hydrogen (secondary N) is 8. The molecule has 6 aromatic rings. The van der Waals surface area contributed by atoms with Crippen LogP contribution < -0.4 is 42.5 Å². The summed E-state index contributed by atoms with van der Waals surface area (Å²) < 4.78 is 10.6. The fourth-order valence-corrected chi connectivity index (χ4v) is 12.4. The van der Waals surface area contributed by atoms with Crippen LogP contribution in [0, 0.1) is 0 Å². The van der Waals surface area contributed by atoms with Gasteiger partial charge in [0, 0.05) is 130 Å². The molecule has 19 heteroatoms. The van der Waals surface area contributed by atoms with Crippen LogP contribution in [-0.4, -0.2) is 99.1 Å². The van der Waals surface area contributed by atoms with Crippen molar-refractivity contribution < 1.29 is 52.6 Å². The molecule has 0 aliphatic heterocycles. The Labute approximate surface area is 591 Å². The number of rotatable bonds is 34. The van der Waals surface area contributed by atoms with Crippen LogP contribution in [0.2, 0.25) is 0 Å².